The van der Waals surface area contributed by atoms with E-state index in [1.165, 1.54) is 0 Å². The van der Waals surface area contributed by atoms with Crippen molar-refractivity contribution < 1.29 is 19.1 Å². The number of alkyl carbamates (subject to hydrolysis) is 1. The van der Waals surface area contributed by atoms with E-state index in [1.807, 2.05) is 48.5 Å². The van der Waals surface area contributed by atoms with E-state index in [4.69, 9.17) is 9.15 Å². The largest absolute Gasteiger partial charge is 0.445 e. The van der Waals surface area contributed by atoms with Crippen LogP contribution < -0.4 is 5.32 Å². The van der Waals surface area contributed by atoms with Gasteiger partial charge in [0.2, 0.25) is 5.89 Å². The lowest BCUT2D eigenvalue weighted by Gasteiger charge is -2.17. The fourth-order valence-electron chi connectivity index (χ4n) is 2.58. The highest BCUT2D eigenvalue weighted by Gasteiger charge is 2.24. The number of amides is 1. The minimum atomic E-state index is -1.07. The van der Waals surface area contributed by atoms with E-state index in [0.29, 0.717) is 11.1 Å². The van der Waals surface area contributed by atoms with Crippen LogP contribution in [0.4, 0.5) is 4.79 Å². The molecule has 0 aliphatic carbocycles. The number of aliphatic hydroxyl groups excluding tert-OH is 1. The Labute approximate surface area is 151 Å². The molecular weight excluding hydrogens is 332 g/mol. The van der Waals surface area contributed by atoms with Crippen LogP contribution in [0.2, 0.25) is 0 Å². The van der Waals surface area contributed by atoms with Gasteiger partial charge in [0.1, 0.15) is 18.2 Å². The standard InChI is InChI=1S/C20H22N2O4/c1-3-14-9-10-17-16(11-14)22-19(26-17)18(23)13(2)21-20(24)25-12-15-7-5-4-6-8-15/h4-11,13,18,23H,3,12H2,1-2H3,(H,21,24)/t13-,18?/m0/s1. The molecule has 0 aliphatic heterocycles. The maximum Gasteiger partial charge on any atom is 0.407 e. The van der Waals surface area contributed by atoms with E-state index in [0.717, 1.165) is 17.5 Å². The Hall–Kier alpha value is -2.86. The summed E-state index contributed by atoms with van der Waals surface area (Å²) in [6.45, 7) is 3.89. The summed E-state index contributed by atoms with van der Waals surface area (Å²) in [5.41, 5.74) is 3.33. The Morgan fingerprint density at radius 1 is 1.23 bits per heavy atom. The van der Waals surface area contributed by atoms with Gasteiger partial charge < -0.3 is 19.6 Å². The molecule has 2 aromatic carbocycles. The van der Waals surface area contributed by atoms with Gasteiger partial charge in [-0.15, -0.1) is 0 Å². The maximum atomic E-state index is 11.9. The highest BCUT2D eigenvalue weighted by atomic mass is 16.5. The van der Waals surface area contributed by atoms with E-state index in [-0.39, 0.29) is 12.5 Å². The summed E-state index contributed by atoms with van der Waals surface area (Å²) in [6.07, 6.45) is -0.784. The van der Waals surface area contributed by atoms with Crippen molar-refractivity contribution in [1.29, 1.82) is 0 Å². The van der Waals surface area contributed by atoms with Gasteiger partial charge in [-0.2, -0.15) is 0 Å². The summed E-state index contributed by atoms with van der Waals surface area (Å²) in [7, 11) is 0. The van der Waals surface area contributed by atoms with E-state index in [1.54, 1.807) is 6.92 Å². The van der Waals surface area contributed by atoms with Gasteiger partial charge in [0.25, 0.3) is 0 Å². The second-order valence-corrected chi connectivity index (χ2v) is 6.15. The molecular formula is C20H22N2O4. The van der Waals surface area contributed by atoms with Crippen LogP contribution in [0.15, 0.2) is 52.9 Å². The fourth-order valence-corrected chi connectivity index (χ4v) is 2.58. The smallest absolute Gasteiger partial charge is 0.407 e. The number of hydrogen-bond acceptors (Lipinski definition) is 5. The molecule has 0 fully saturated rings. The van der Waals surface area contributed by atoms with E-state index in [9.17, 15) is 9.90 Å². The third-order valence-electron chi connectivity index (χ3n) is 4.16. The van der Waals surface area contributed by atoms with Crippen LogP contribution in [-0.4, -0.2) is 22.2 Å². The first kappa shape index (κ1) is 17.9. The number of oxazole rings is 1. The molecule has 0 spiro atoms. The number of ether oxygens (including phenoxy) is 1. The predicted molar refractivity (Wildman–Crippen MR) is 97.6 cm³/mol. The number of nitrogens with zero attached hydrogens (tertiary/aromatic N) is 1. The Kier molecular flexibility index (Phi) is 5.53. The first-order valence-electron chi connectivity index (χ1n) is 8.61. The highest BCUT2D eigenvalue weighted by Crippen LogP contribution is 2.23. The molecule has 1 amide bonds. The molecule has 3 rings (SSSR count). The predicted octanol–water partition coefficient (Wildman–Crippen LogP) is 3.74. The van der Waals surface area contributed by atoms with Gasteiger partial charge in [-0.25, -0.2) is 9.78 Å². The van der Waals surface area contributed by atoms with Crippen LogP contribution in [0.3, 0.4) is 0 Å². The normalized spacial score (nSPS) is 13.3. The number of nitrogens with one attached hydrogen (secondary N) is 1. The molecule has 6 nitrogen and oxygen atoms in total. The van der Waals surface area contributed by atoms with E-state index in [2.05, 4.69) is 17.2 Å². The molecule has 0 saturated heterocycles. The molecule has 0 saturated carbocycles. The topological polar surface area (TPSA) is 84.6 Å². The summed E-state index contributed by atoms with van der Waals surface area (Å²) in [6, 6.07) is 14.5. The van der Waals surface area contributed by atoms with Crippen LogP contribution in [0.5, 0.6) is 0 Å². The second-order valence-electron chi connectivity index (χ2n) is 6.15. The average Bonchev–Trinajstić information content (AvgIpc) is 3.09. The van der Waals surface area contributed by atoms with Crippen molar-refractivity contribution in [2.75, 3.05) is 0 Å². The zero-order valence-corrected chi connectivity index (χ0v) is 14.8. The Balaban J connectivity index is 1.60. The number of carbonyl (C=O) groups is 1. The zero-order chi connectivity index (χ0) is 18.5. The van der Waals surface area contributed by atoms with Crippen LogP contribution in [0.1, 0.15) is 37.0 Å². The number of aromatic nitrogens is 1. The molecule has 1 heterocycles. The Morgan fingerprint density at radius 3 is 2.73 bits per heavy atom. The van der Waals surface area contributed by atoms with Crippen molar-refractivity contribution >= 4 is 17.2 Å². The van der Waals surface area contributed by atoms with Crippen molar-refractivity contribution in [1.82, 2.24) is 10.3 Å². The van der Waals surface area contributed by atoms with Gasteiger partial charge in [0.05, 0.1) is 6.04 Å². The number of fused-ring (bicyclic) bond motifs is 1. The number of carbonyl (C=O) groups excluding carboxylic acids is 1. The maximum absolute atomic E-state index is 11.9. The monoisotopic (exact) mass is 354 g/mol. The molecule has 3 aromatic rings. The summed E-state index contributed by atoms with van der Waals surface area (Å²) >= 11 is 0. The summed E-state index contributed by atoms with van der Waals surface area (Å²) in [5, 5.41) is 13.0. The molecule has 0 radical (unpaired) electrons. The lowest BCUT2D eigenvalue weighted by Crippen LogP contribution is -2.37. The second kappa shape index (κ2) is 8.01. The average molecular weight is 354 g/mol. The van der Waals surface area contributed by atoms with Crippen LogP contribution in [0.25, 0.3) is 11.1 Å². The van der Waals surface area contributed by atoms with Gasteiger partial charge in [-0.05, 0) is 36.6 Å². The molecule has 1 unspecified atom stereocenters. The van der Waals surface area contributed by atoms with Gasteiger partial charge in [0, 0.05) is 0 Å². The summed E-state index contributed by atoms with van der Waals surface area (Å²) < 4.78 is 10.8. The number of aliphatic hydroxyl groups is 1. The zero-order valence-electron chi connectivity index (χ0n) is 14.8. The first-order valence-corrected chi connectivity index (χ1v) is 8.61. The number of rotatable bonds is 6. The molecule has 26 heavy (non-hydrogen) atoms. The Bertz CT molecular complexity index is 876. The number of hydrogen-bond donors (Lipinski definition) is 2. The lowest BCUT2D eigenvalue weighted by atomic mass is 10.1. The fraction of sp³-hybridized carbons (Fsp3) is 0.300. The van der Waals surface area contributed by atoms with Gasteiger partial charge in [0.15, 0.2) is 5.58 Å². The third kappa shape index (κ3) is 4.21. The first-order chi connectivity index (χ1) is 12.6. The van der Waals surface area contributed by atoms with Gasteiger partial charge >= 0.3 is 6.09 Å². The Morgan fingerprint density at radius 2 is 2.00 bits per heavy atom. The molecule has 1 aromatic heterocycles. The van der Waals surface area contributed by atoms with Crippen molar-refractivity contribution in [2.24, 2.45) is 0 Å². The molecule has 0 aliphatic rings. The third-order valence-corrected chi connectivity index (χ3v) is 4.16. The molecule has 6 heteroatoms. The van der Waals surface area contributed by atoms with Crippen molar-refractivity contribution in [3.8, 4) is 0 Å². The number of aryl methyl sites for hydroxylation is 1. The quantitative estimate of drug-likeness (QED) is 0.704. The summed E-state index contributed by atoms with van der Waals surface area (Å²) in [5.74, 6) is 0.170. The van der Waals surface area contributed by atoms with E-state index >= 15 is 0 Å². The molecule has 2 atom stereocenters. The van der Waals surface area contributed by atoms with Crippen LogP contribution in [-0.2, 0) is 17.8 Å². The van der Waals surface area contributed by atoms with Crippen molar-refractivity contribution in [2.45, 2.75) is 39.0 Å². The molecule has 136 valence electrons. The van der Waals surface area contributed by atoms with Gasteiger partial charge in [-0.3, -0.25) is 0 Å². The highest BCUT2D eigenvalue weighted by molar-refractivity contribution is 5.73. The minimum absolute atomic E-state index is 0.165. The van der Waals surface area contributed by atoms with Gasteiger partial charge in [-0.1, -0.05) is 43.3 Å². The number of benzene rings is 2. The lowest BCUT2D eigenvalue weighted by molar-refractivity contribution is 0.0919. The molecule has 0 bridgehead atoms. The summed E-state index contributed by atoms with van der Waals surface area (Å²) in [4.78, 5) is 16.3. The van der Waals surface area contributed by atoms with Crippen molar-refractivity contribution in [3.63, 3.8) is 0 Å². The minimum Gasteiger partial charge on any atom is -0.445 e. The van der Waals surface area contributed by atoms with Crippen LogP contribution in [0, 0.1) is 0 Å². The SMILES string of the molecule is CCc1ccc2oc(C(O)[C@H](C)NC(=O)OCc3ccccc3)nc2c1. The van der Waals surface area contributed by atoms with Crippen molar-refractivity contribution in [3.05, 3.63) is 65.5 Å². The van der Waals surface area contributed by atoms with Crippen LogP contribution >= 0.6 is 0 Å². The van der Waals surface area contributed by atoms with E-state index < -0.39 is 18.2 Å². The molecule has 2 N–H and O–H groups in total.